The van der Waals surface area contributed by atoms with Gasteiger partial charge in [-0.1, -0.05) is 17.2 Å². The smallest absolute Gasteiger partial charge is 0.369 e. The van der Waals surface area contributed by atoms with Gasteiger partial charge < -0.3 is 4.84 Å². The van der Waals surface area contributed by atoms with E-state index in [2.05, 4.69) is 4.84 Å². The molecule has 1 heterocycles. The molecule has 0 aromatic heterocycles. The molecule has 0 saturated heterocycles. The Morgan fingerprint density at radius 2 is 2.06 bits per heavy atom. The van der Waals surface area contributed by atoms with Gasteiger partial charge >= 0.3 is 6.30 Å². The van der Waals surface area contributed by atoms with E-state index in [1.54, 1.807) is 19.1 Å². The topological polar surface area (TPSA) is 29.5 Å². The number of hydroxylamine groups is 2. The van der Waals surface area contributed by atoms with E-state index in [0.29, 0.717) is 5.56 Å². The molecule has 0 spiro atoms. The van der Waals surface area contributed by atoms with Gasteiger partial charge in [0, 0.05) is 5.56 Å². The van der Waals surface area contributed by atoms with E-state index in [4.69, 9.17) is 0 Å². The fraction of sp³-hybridized carbons (Fsp3) is 0.300. The lowest BCUT2D eigenvalue weighted by Gasteiger charge is -2.29. The standard InChI is InChI=1S/C10H8F3NO2/c1-6-3-2-4-8-7(6)5-9(15)14(16-8)10(11,12)13/h2-4H,5H2,1H3. The molecule has 0 N–H and O–H groups in total. The zero-order chi connectivity index (χ0) is 11.9. The largest absolute Gasteiger partial charge is 0.520 e. The minimum absolute atomic E-state index is 0.0805. The van der Waals surface area contributed by atoms with Gasteiger partial charge in [-0.2, -0.15) is 0 Å². The Kier molecular flexibility index (Phi) is 2.29. The summed E-state index contributed by atoms with van der Waals surface area (Å²) in [6.45, 7) is 1.72. The van der Waals surface area contributed by atoms with Gasteiger partial charge in [0.25, 0.3) is 5.91 Å². The van der Waals surface area contributed by atoms with E-state index in [1.807, 2.05) is 0 Å². The number of fused-ring (bicyclic) bond motifs is 1. The van der Waals surface area contributed by atoms with Gasteiger partial charge in [0.15, 0.2) is 5.75 Å². The summed E-state index contributed by atoms with van der Waals surface area (Å²) in [7, 11) is 0. The number of rotatable bonds is 0. The van der Waals surface area contributed by atoms with Gasteiger partial charge in [-0.25, -0.2) is 0 Å². The van der Waals surface area contributed by atoms with Gasteiger partial charge in [-0.3, -0.25) is 4.79 Å². The highest BCUT2D eigenvalue weighted by molar-refractivity contribution is 5.81. The van der Waals surface area contributed by atoms with Crippen molar-refractivity contribution in [2.24, 2.45) is 0 Å². The molecule has 16 heavy (non-hydrogen) atoms. The van der Waals surface area contributed by atoms with E-state index in [0.717, 1.165) is 5.56 Å². The first-order chi connectivity index (χ1) is 7.39. The average Bonchev–Trinajstić information content (AvgIpc) is 2.17. The number of nitrogens with zero attached hydrogens (tertiary/aromatic N) is 1. The van der Waals surface area contributed by atoms with Crippen molar-refractivity contribution in [3.05, 3.63) is 29.3 Å². The van der Waals surface area contributed by atoms with Gasteiger partial charge in [0.05, 0.1) is 6.42 Å². The lowest BCUT2D eigenvalue weighted by atomic mass is 10.0. The molecule has 0 aliphatic carbocycles. The molecule has 1 aromatic rings. The molecule has 2 rings (SSSR count). The summed E-state index contributed by atoms with van der Waals surface area (Å²) in [5.74, 6) is -1.02. The van der Waals surface area contributed by atoms with Crippen molar-refractivity contribution in [1.82, 2.24) is 5.06 Å². The van der Waals surface area contributed by atoms with Gasteiger partial charge in [0.2, 0.25) is 0 Å². The Hall–Kier alpha value is -1.72. The molecular weight excluding hydrogens is 223 g/mol. The number of carbonyl (C=O) groups excluding carboxylic acids is 1. The zero-order valence-corrected chi connectivity index (χ0v) is 8.34. The van der Waals surface area contributed by atoms with Crippen LogP contribution in [0.25, 0.3) is 0 Å². The van der Waals surface area contributed by atoms with Crippen LogP contribution >= 0.6 is 0 Å². The normalized spacial score (nSPS) is 15.8. The van der Waals surface area contributed by atoms with Gasteiger partial charge in [-0.05, 0) is 18.6 Å². The van der Waals surface area contributed by atoms with Crippen LogP contribution in [0, 0.1) is 6.92 Å². The Balaban J connectivity index is 2.40. The predicted molar refractivity (Wildman–Crippen MR) is 48.4 cm³/mol. The highest BCUT2D eigenvalue weighted by Gasteiger charge is 2.46. The van der Waals surface area contributed by atoms with E-state index in [9.17, 15) is 18.0 Å². The summed E-state index contributed by atoms with van der Waals surface area (Å²) >= 11 is 0. The Morgan fingerprint density at radius 3 is 2.69 bits per heavy atom. The van der Waals surface area contributed by atoms with Crippen molar-refractivity contribution in [2.45, 2.75) is 19.6 Å². The van der Waals surface area contributed by atoms with Crippen LogP contribution in [-0.2, 0) is 11.2 Å². The number of alkyl halides is 3. The number of hydrogen-bond donors (Lipinski definition) is 0. The second kappa shape index (κ2) is 3.40. The van der Waals surface area contributed by atoms with Gasteiger partial charge in [0.1, 0.15) is 0 Å². The maximum atomic E-state index is 12.4. The lowest BCUT2D eigenvalue weighted by molar-refractivity contribution is -0.320. The van der Waals surface area contributed by atoms with Crippen LogP contribution in [0.5, 0.6) is 5.75 Å². The Morgan fingerprint density at radius 1 is 1.38 bits per heavy atom. The number of aryl methyl sites for hydroxylation is 1. The number of carbonyl (C=O) groups is 1. The first-order valence-corrected chi connectivity index (χ1v) is 4.56. The molecule has 0 atom stereocenters. The van der Waals surface area contributed by atoms with Crippen molar-refractivity contribution in [3.8, 4) is 5.75 Å². The molecule has 0 fully saturated rings. The van der Waals surface area contributed by atoms with Crippen LogP contribution in [0.15, 0.2) is 18.2 Å². The minimum Gasteiger partial charge on any atom is -0.369 e. The highest BCUT2D eigenvalue weighted by atomic mass is 19.4. The van der Waals surface area contributed by atoms with Crippen molar-refractivity contribution in [3.63, 3.8) is 0 Å². The van der Waals surface area contributed by atoms with E-state index in [-0.39, 0.29) is 12.2 Å². The van der Waals surface area contributed by atoms with Crippen molar-refractivity contribution in [1.29, 1.82) is 0 Å². The van der Waals surface area contributed by atoms with E-state index >= 15 is 0 Å². The molecule has 0 unspecified atom stereocenters. The lowest BCUT2D eigenvalue weighted by Crippen LogP contribution is -2.48. The SMILES string of the molecule is Cc1cccc2c1CC(=O)N(C(F)(F)F)O2. The van der Waals surface area contributed by atoms with Crippen LogP contribution in [0.4, 0.5) is 13.2 Å². The number of hydrogen-bond acceptors (Lipinski definition) is 2. The molecule has 1 aromatic carbocycles. The zero-order valence-electron chi connectivity index (χ0n) is 8.34. The van der Waals surface area contributed by atoms with Crippen molar-refractivity contribution in [2.75, 3.05) is 0 Å². The quantitative estimate of drug-likeness (QED) is 0.640. The first-order valence-electron chi connectivity index (χ1n) is 4.56. The van der Waals surface area contributed by atoms with Crippen LogP contribution in [-0.4, -0.2) is 17.3 Å². The van der Waals surface area contributed by atoms with Crippen LogP contribution in [0.1, 0.15) is 11.1 Å². The van der Waals surface area contributed by atoms with Crippen LogP contribution < -0.4 is 4.84 Å². The molecule has 86 valence electrons. The first kappa shape index (κ1) is 10.8. The predicted octanol–water partition coefficient (Wildman–Crippen LogP) is 2.19. The molecule has 1 aliphatic rings. The molecule has 1 aliphatic heterocycles. The van der Waals surface area contributed by atoms with Crippen molar-refractivity contribution < 1.29 is 22.8 Å². The Labute approximate surface area is 89.4 Å². The summed E-state index contributed by atoms with van der Waals surface area (Å²) in [5, 5.41) is -0.533. The third-order valence-corrected chi connectivity index (χ3v) is 2.34. The Bertz CT molecular complexity index is 442. The molecule has 0 saturated carbocycles. The summed E-state index contributed by atoms with van der Waals surface area (Å²) in [4.78, 5) is 15.8. The monoisotopic (exact) mass is 231 g/mol. The minimum atomic E-state index is -4.81. The number of amides is 1. The van der Waals surface area contributed by atoms with Gasteiger partial charge in [-0.15, -0.1) is 13.2 Å². The molecule has 6 heteroatoms. The number of halogens is 3. The fourth-order valence-corrected chi connectivity index (χ4v) is 1.55. The highest BCUT2D eigenvalue weighted by Crippen LogP contribution is 2.33. The van der Waals surface area contributed by atoms with Crippen LogP contribution in [0.3, 0.4) is 0 Å². The molecular formula is C10H8F3NO2. The van der Waals surface area contributed by atoms with E-state index in [1.165, 1.54) is 6.07 Å². The third kappa shape index (κ3) is 1.70. The fourth-order valence-electron chi connectivity index (χ4n) is 1.55. The second-order valence-corrected chi connectivity index (χ2v) is 3.48. The van der Waals surface area contributed by atoms with Crippen molar-refractivity contribution >= 4 is 5.91 Å². The van der Waals surface area contributed by atoms with Crippen LogP contribution in [0.2, 0.25) is 0 Å². The summed E-state index contributed by atoms with van der Waals surface area (Å²) in [6.07, 6.45) is -5.10. The van der Waals surface area contributed by atoms with E-state index < -0.39 is 17.3 Å². The molecule has 1 amide bonds. The second-order valence-electron chi connectivity index (χ2n) is 3.48. The molecule has 0 radical (unpaired) electrons. The molecule has 3 nitrogen and oxygen atoms in total. The summed E-state index contributed by atoms with van der Waals surface area (Å²) in [5.41, 5.74) is 1.25. The number of benzene rings is 1. The molecule has 0 bridgehead atoms. The summed E-state index contributed by atoms with van der Waals surface area (Å²) in [6, 6.07) is 4.71. The maximum absolute atomic E-state index is 12.4. The third-order valence-electron chi connectivity index (χ3n) is 2.34. The summed E-state index contributed by atoms with van der Waals surface area (Å²) < 4.78 is 37.1. The average molecular weight is 231 g/mol. The maximum Gasteiger partial charge on any atom is 0.520 e.